The third kappa shape index (κ3) is 5.63. The number of rotatable bonds is 10. The number of ether oxygens (including phenoxy) is 1. The molecule has 0 radical (unpaired) electrons. The highest BCUT2D eigenvalue weighted by Crippen LogP contribution is 2.20. The number of carbonyl (C=O) groups excluding carboxylic acids is 1. The molecular weight excluding hydrogens is 406 g/mol. The Bertz CT molecular complexity index is 1110. The number of hydrogen-bond donors (Lipinski definition) is 0. The van der Waals surface area contributed by atoms with Crippen molar-refractivity contribution in [2.75, 3.05) is 7.11 Å². The summed E-state index contributed by atoms with van der Waals surface area (Å²) in [7, 11) is 1.62. The second kappa shape index (κ2) is 10.4. The maximum atomic E-state index is 13.0. The van der Waals surface area contributed by atoms with Crippen LogP contribution in [-0.4, -0.2) is 28.1 Å². The second-order valence-corrected chi connectivity index (χ2v) is 7.41. The molecule has 1 amide bonds. The van der Waals surface area contributed by atoms with E-state index in [1.165, 1.54) is 0 Å². The average Bonchev–Trinajstić information content (AvgIpc) is 3.52. The van der Waals surface area contributed by atoms with Gasteiger partial charge in [0.2, 0.25) is 17.6 Å². The molecule has 2 aromatic heterocycles. The molecule has 7 nitrogen and oxygen atoms in total. The summed E-state index contributed by atoms with van der Waals surface area (Å²) in [6.07, 6.45) is 3.16. The third-order valence-corrected chi connectivity index (χ3v) is 5.09. The molecule has 0 bridgehead atoms. The van der Waals surface area contributed by atoms with Gasteiger partial charge in [-0.2, -0.15) is 4.98 Å². The molecule has 164 valence electrons. The van der Waals surface area contributed by atoms with Gasteiger partial charge in [0.25, 0.3) is 0 Å². The fourth-order valence-electron chi connectivity index (χ4n) is 3.39. The largest absolute Gasteiger partial charge is 0.497 e. The molecule has 32 heavy (non-hydrogen) atoms. The molecule has 0 fully saturated rings. The van der Waals surface area contributed by atoms with E-state index in [2.05, 4.69) is 10.1 Å². The first-order valence-corrected chi connectivity index (χ1v) is 10.5. The first-order valence-electron chi connectivity index (χ1n) is 10.5. The summed E-state index contributed by atoms with van der Waals surface area (Å²) < 4.78 is 16.0. The summed E-state index contributed by atoms with van der Waals surface area (Å²) in [5, 5.41) is 4.05. The normalized spacial score (nSPS) is 10.8. The summed E-state index contributed by atoms with van der Waals surface area (Å²) in [5.41, 5.74) is 1.93. The zero-order chi connectivity index (χ0) is 22.2. The maximum absolute atomic E-state index is 13.0. The lowest BCUT2D eigenvalue weighted by Crippen LogP contribution is -2.29. The van der Waals surface area contributed by atoms with Crippen molar-refractivity contribution in [3.63, 3.8) is 0 Å². The minimum absolute atomic E-state index is 0.0557. The van der Waals surface area contributed by atoms with Crippen molar-refractivity contribution >= 4 is 5.91 Å². The van der Waals surface area contributed by atoms with E-state index in [1.54, 1.807) is 13.4 Å². The molecule has 4 rings (SSSR count). The Balaban J connectivity index is 1.34. The van der Waals surface area contributed by atoms with Gasteiger partial charge < -0.3 is 18.6 Å². The summed E-state index contributed by atoms with van der Waals surface area (Å²) in [5.74, 6) is 2.63. The van der Waals surface area contributed by atoms with Gasteiger partial charge in [-0.15, -0.1) is 0 Å². The van der Waals surface area contributed by atoms with Gasteiger partial charge in [0, 0.05) is 24.9 Å². The van der Waals surface area contributed by atoms with Crippen LogP contribution in [0.1, 0.15) is 30.1 Å². The molecular formula is C25H25N3O4. The number of methoxy groups -OCH3 is 1. The number of hydrogen-bond acceptors (Lipinski definition) is 6. The molecule has 0 aliphatic heterocycles. The van der Waals surface area contributed by atoms with Gasteiger partial charge in [0.1, 0.15) is 11.5 Å². The van der Waals surface area contributed by atoms with Crippen molar-refractivity contribution in [3.8, 4) is 17.1 Å². The van der Waals surface area contributed by atoms with Gasteiger partial charge in [0.15, 0.2) is 0 Å². The Hall–Kier alpha value is -3.87. The fourth-order valence-corrected chi connectivity index (χ4v) is 3.39. The number of amides is 1. The maximum Gasteiger partial charge on any atom is 0.226 e. The van der Waals surface area contributed by atoms with Gasteiger partial charge in [-0.05, 0) is 48.4 Å². The standard InChI is InChI=1S/C25H25N3O4/c1-30-21-14-12-20(13-15-21)25-26-23(32-27-25)10-5-11-24(29)28(18-22-9-6-16-31-22)17-19-7-3-2-4-8-19/h2-4,6-9,12-16H,5,10-11,17-18H2,1H3. The smallest absolute Gasteiger partial charge is 0.226 e. The molecule has 0 unspecified atom stereocenters. The number of aryl methyl sites for hydroxylation is 1. The van der Waals surface area contributed by atoms with Crippen molar-refractivity contribution in [3.05, 3.63) is 90.2 Å². The predicted octanol–water partition coefficient (Wildman–Crippen LogP) is 4.89. The summed E-state index contributed by atoms with van der Waals surface area (Å²) >= 11 is 0. The van der Waals surface area contributed by atoms with E-state index in [0.29, 0.717) is 44.1 Å². The lowest BCUT2D eigenvalue weighted by Gasteiger charge is -2.22. The number of furan rings is 1. The topological polar surface area (TPSA) is 81.6 Å². The van der Waals surface area contributed by atoms with Crippen LogP contribution in [0.2, 0.25) is 0 Å². The zero-order valence-electron chi connectivity index (χ0n) is 17.9. The molecule has 2 aromatic carbocycles. The van der Waals surface area contributed by atoms with Crippen LogP contribution in [0.3, 0.4) is 0 Å². The highest BCUT2D eigenvalue weighted by molar-refractivity contribution is 5.76. The lowest BCUT2D eigenvalue weighted by atomic mass is 10.1. The Morgan fingerprint density at radius 2 is 1.81 bits per heavy atom. The Morgan fingerprint density at radius 1 is 1.00 bits per heavy atom. The van der Waals surface area contributed by atoms with Crippen LogP contribution in [0.15, 0.2) is 81.9 Å². The van der Waals surface area contributed by atoms with Crippen LogP contribution in [0.4, 0.5) is 0 Å². The van der Waals surface area contributed by atoms with E-state index < -0.39 is 0 Å². The van der Waals surface area contributed by atoms with E-state index in [4.69, 9.17) is 13.7 Å². The molecule has 0 saturated carbocycles. The highest BCUT2D eigenvalue weighted by Gasteiger charge is 2.17. The summed E-state index contributed by atoms with van der Waals surface area (Å²) in [4.78, 5) is 19.2. The number of benzene rings is 2. The van der Waals surface area contributed by atoms with Crippen molar-refractivity contribution in [1.29, 1.82) is 0 Å². The Kier molecular flexibility index (Phi) is 6.97. The molecule has 0 N–H and O–H groups in total. The van der Waals surface area contributed by atoms with Gasteiger partial charge in [0.05, 0.1) is 19.9 Å². The zero-order valence-corrected chi connectivity index (χ0v) is 17.9. The summed E-state index contributed by atoms with van der Waals surface area (Å²) in [6.45, 7) is 0.964. The van der Waals surface area contributed by atoms with Gasteiger partial charge in [-0.3, -0.25) is 4.79 Å². The first kappa shape index (κ1) is 21.4. The summed E-state index contributed by atoms with van der Waals surface area (Å²) in [6, 6.07) is 21.1. The molecule has 0 spiro atoms. The van der Waals surface area contributed by atoms with Crippen LogP contribution in [0.5, 0.6) is 5.75 Å². The van der Waals surface area contributed by atoms with Gasteiger partial charge >= 0.3 is 0 Å². The van der Waals surface area contributed by atoms with Crippen LogP contribution in [-0.2, 0) is 24.3 Å². The van der Waals surface area contributed by atoms with Crippen LogP contribution in [0, 0.1) is 0 Å². The monoisotopic (exact) mass is 431 g/mol. The SMILES string of the molecule is COc1ccc(-c2noc(CCCC(=O)N(Cc3ccccc3)Cc3ccco3)n2)cc1. The quantitative estimate of drug-likeness (QED) is 0.356. The van der Waals surface area contributed by atoms with E-state index >= 15 is 0 Å². The molecule has 0 aliphatic rings. The lowest BCUT2D eigenvalue weighted by molar-refractivity contribution is -0.132. The molecule has 0 saturated heterocycles. The Morgan fingerprint density at radius 3 is 2.53 bits per heavy atom. The van der Waals surface area contributed by atoms with Crippen LogP contribution < -0.4 is 4.74 Å². The highest BCUT2D eigenvalue weighted by atomic mass is 16.5. The van der Waals surface area contributed by atoms with Crippen molar-refractivity contribution in [2.45, 2.75) is 32.4 Å². The van der Waals surface area contributed by atoms with Crippen molar-refractivity contribution < 1.29 is 18.5 Å². The fraction of sp³-hybridized carbons (Fsp3) is 0.240. The van der Waals surface area contributed by atoms with Crippen molar-refractivity contribution in [1.82, 2.24) is 15.0 Å². The van der Waals surface area contributed by atoms with E-state index in [0.717, 1.165) is 22.6 Å². The Labute approximate surface area is 186 Å². The number of nitrogens with zero attached hydrogens (tertiary/aromatic N) is 3. The van der Waals surface area contributed by atoms with E-state index in [9.17, 15) is 4.79 Å². The number of aromatic nitrogens is 2. The molecule has 7 heteroatoms. The minimum Gasteiger partial charge on any atom is -0.497 e. The molecule has 0 aliphatic carbocycles. The van der Waals surface area contributed by atoms with Crippen LogP contribution in [0.25, 0.3) is 11.4 Å². The molecule has 4 aromatic rings. The number of carbonyl (C=O) groups is 1. The first-order chi connectivity index (χ1) is 15.7. The molecule has 0 atom stereocenters. The third-order valence-electron chi connectivity index (χ3n) is 5.09. The predicted molar refractivity (Wildman–Crippen MR) is 119 cm³/mol. The van der Waals surface area contributed by atoms with Crippen LogP contribution >= 0.6 is 0 Å². The van der Waals surface area contributed by atoms with Crippen molar-refractivity contribution in [2.24, 2.45) is 0 Å². The van der Waals surface area contributed by atoms with E-state index in [-0.39, 0.29) is 5.91 Å². The second-order valence-electron chi connectivity index (χ2n) is 7.41. The van der Waals surface area contributed by atoms with Gasteiger partial charge in [-0.25, -0.2) is 0 Å². The van der Waals surface area contributed by atoms with E-state index in [1.807, 2.05) is 71.6 Å². The molecule has 2 heterocycles. The minimum atomic E-state index is 0.0557. The van der Waals surface area contributed by atoms with Gasteiger partial charge in [-0.1, -0.05) is 35.5 Å². The average molecular weight is 431 g/mol.